The molecule has 0 aliphatic carbocycles. The minimum Gasteiger partial charge on any atom is -0.380 e. The van der Waals surface area contributed by atoms with Crippen molar-refractivity contribution in [3.05, 3.63) is 0 Å². The molecular weight excluding hydrogens is 178 g/mol. The second-order valence-corrected chi connectivity index (χ2v) is 3.48. The second-order valence-electron chi connectivity index (χ2n) is 3.48. The Morgan fingerprint density at radius 2 is 1.93 bits per heavy atom. The smallest absolute Gasteiger partial charge is 0.0616 e. The molecule has 3 heteroatoms. The number of unbranched alkanes of at least 4 members (excludes halogenated alkanes) is 1. The maximum Gasteiger partial charge on any atom is 0.0616 e. The lowest BCUT2D eigenvalue weighted by Gasteiger charge is -2.13. The quantitative estimate of drug-likeness (QED) is 0.549. The van der Waals surface area contributed by atoms with Crippen LogP contribution < -0.4 is 5.32 Å². The minimum atomic E-state index is 0.421. The van der Waals surface area contributed by atoms with E-state index in [4.69, 9.17) is 9.47 Å². The molecule has 0 aromatic heterocycles. The normalized spacial score (nSPS) is 13.1. The largest absolute Gasteiger partial charge is 0.380 e. The van der Waals surface area contributed by atoms with Crippen molar-refractivity contribution in [1.29, 1.82) is 0 Å². The molecule has 86 valence electrons. The zero-order chi connectivity index (χ0) is 10.6. The van der Waals surface area contributed by atoms with Gasteiger partial charge in [-0.05, 0) is 20.3 Å². The second kappa shape index (κ2) is 11.0. The van der Waals surface area contributed by atoms with E-state index in [2.05, 4.69) is 19.2 Å². The molecule has 1 atom stereocenters. The summed E-state index contributed by atoms with van der Waals surface area (Å²) in [6.45, 7) is 10.5. The van der Waals surface area contributed by atoms with Gasteiger partial charge in [-0.15, -0.1) is 0 Å². The van der Waals surface area contributed by atoms with Crippen molar-refractivity contribution in [2.24, 2.45) is 0 Å². The van der Waals surface area contributed by atoms with Gasteiger partial charge < -0.3 is 14.8 Å². The van der Waals surface area contributed by atoms with E-state index < -0.39 is 0 Å². The summed E-state index contributed by atoms with van der Waals surface area (Å²) < 4.78 is 10.7. The fraction of sp³-hybridized carbons (Fsp3) is 1.00. The van der Waals surface area contributed by atoms with Crippen LogP contribution in [0, 0.1) is 0 Å². The van der Waals surface area contributed by atoms with Crippen LogP contribution in [0.15, 0.2) is 0 Å². The molecule has 0 fully saturated rings. The van der Waals surface area contributed by atoms with Crippen LogP contribution in [-0.2, 0) is 9.47 Å². The van der Waals surface area contributed by atoms with Crippen LogP contribution in [0.5, 0.6) is 0 Å². The van der Waals surface area contributed by atoms with E-state index in [0.717, 1.165) is 39.4 Å². The van der Waals surface area contributed by atoms with Crippen LogP contribution in [0.2, 0.25) is 0 Å². The van der Waals surface area contributed by atoms with Crippen molar-refractivity contribution in [3.63, 3.8) is 0 Å². The summed E-state index contributed by atoms with van der Waals surface area (Å²) in [6.07, 6.45) is 2.36. The van der Waals surface area contributed by atoms with Gasteiger partial charge in [-0.25, -0.2) is 0 Å². The molecule has 0 aliphatic rings. The van der Waals surface area contributed by atoms with E-state index in [1.165, 1.54) is 6.42 Å². The highest BCUT2D eigenvalue weighted by molar-refractivity contribution is 4.58. The summed E-state index contributed by atoms with van der Waals surface area (Å²) in [4.78, 5) is 0. The van der Waals surface area contributed by atoms with Gasteiger partial charge in [-0.1, -0.05) is 13.3 Å². The predicted molar refractivity (Wildman–Crippen MR) is 59.7 cm³/mol. The Balaban J connectivity index is 3.02. The van der Waals surface area contributed by atoms with Crippen LogP contribution in [0.1, 0.15) is 33.6 Å². The molecule has 0 saturated heterocycles. The Kier molecular flexibility index (Phi) is 10.9. The zero-order valence-electron chi connectivity index (χ0n) is 9.84. The Morgan fingerprint density at radius 3 is 2.57 bits per heavy atom. The lowest BCUT2D eigenvalue weighted by Crippen LogP contribution is -2.33. The van der Waals surface area contributed by atoms with E-state index in [1.807, 2.05) is 6.92 Å². The Bertz CT molecular complexity index is 109. The van der Waals surface area contributed by atoms with Crippen LogP contribution in [-0.4, -0.2) is 39.0 Å². The van der Waals surface area contributed by atoms with Gasteiger partial charge in [-0.2, -0.15) is 0 Å². The fourth-order valence-corrected chi connectivity index (χ4v) is 1.08. The third-order valence-electron chi connectivity index (χ3n) is 1.95. The van der Waals surface area contributed by atoms with Crippen molar-refractivity contribution < 1.29 is 9.47 Å². The first kappa shape index (κ1) is 13.9. The zero-order valence-corrected chi connectivity index (χ0v) is 9.84. The van der Waals surface area contributed by atoms with Crippen molar-refractivity contribution in [2.75, 3.05) is 33.0 Å². The van der Waals surface area contributed by atoms with Gasteiger partial charge >= 0.3 is 0 Å². The van der Waals surface area contributed by atoms with Gasteiger partial charge in [0, 0.05) is 25.8 Å². The van der Waals surface area contributed by atoms with Crippen LogP contribution >= 0.6 is 0 Å². The molecule has 0 bridgehead atoms. The highest BCUT2D eigenvalue weighted by Gasteiger charge is 1.99. The van der Waals surface area contributed by atoms with Crippen molar-refractivity contribution in [2.45, 2.75) is 39.7 Å². The van der Waals surface area contributed by atoms with Crippen LogP contribution in [0.3, 0.4) is 0 Å². The third kappa shape index (κ3) is 9.96. The molecule has 0 saturated carbocycles. The molecule has 0 radical (unpaired) electrons. The molecule has 0 rings (SSSR count). The summed E-state index contributed by atoms with van der Waals surface area (Å²) in [6, 6.07) is 0.421. The summed E-state index contributed by atoms with van der Waals surface area (Å²) in [5, 5.41) is 3.34. The molecular formula is C11H25NO2. The van der Waals surface area contributed by atoms with E-state index in [0.29, 0.717) is 6.04 Å². The lowest BCUT2D eigenvalue weighted by molar-refractivity contribution is 0.110. The Morgan fingerprint density at radius 1 is 1.14 bits per heavy atom. The summed E-state index contributed by atoms with van der Waals surface area (Å²) in [5.74, 6) is 0. The van der Waals surface area contributed by atoms with E-state index in [1.54, 1.807) is 0 Å². The van der Waals surface area contributed by atoms with Gasteiger partial charge in [0.2, 0.25) is 0 Å². The van der Waals surface area contributed by atoms with Crippen molar-refractivity contribution in [1.82, 2.24) is 5.32 Å². The van der Waals surface area contributed by atoms with Crippen molar-refractivity contribution in [3.8, 4) is 0 Å². The Labute approximate surface area is 88.2 Å². The highest BCUT2D eigenvalue weighted by atomic mass is 16.5. The van der Waals surface area contributed by atoms with E-state index in [-0.39, 0.29) is 0 Å². The number of hydrogen-bond acceptors (Lipinski definition) is 3. The average Bonchev–Trinajstić information content (AvgIpc) is 2.20. The summed E-state index contributed by atoms with van der Waals surface area (Å²) in [5.41, 5.74) is 0. The number of nitrogens with one attached hydrogen (secondary N) is 1. The monoisotopic (exact) mass is 203 g/mol. The topological polar surface area (TPSA) is 30.5 Å². The van der Waals surface area contributed by atoms with Crippen molar-refractivity contribution >= 4 is 0 Å². The summed E-state index contributed by atoms with van der Waals surface area (Å²) in [7, 11) is 0. The molecule has 0 aliphatic heterocycles. The van der Waals surface area contributed by atoms with Gasteiger partial charge in [0.25, 0.3) is 0 Å². The number of ether oxygens (including phenoxy) is 2. The maximum atomic E-state index is 5.43. The minimum absolute atomic E-state index is 0.421. The third-order valence-corrected chi connectivity index (χ3v) is 1.95. The number of hydrogen-bond donors (Lipinski definition) is 1. The van der Waals surface area contributed by atoms with Gasteiger partial charge in [-0.3, -0.25) is 0 Å². The fourth-order valence-electron chi connectivity index (χ4n) is 1.08. The molecule has 1 N–H and O–H groups in total. The highest BCUT2D eigenvalue weighted by Crippen LogP contribution is 1.87. The van der Waals surface area contributed by atoms with Gasteiger partial charge in [0.1, 0.15) is 0 Å². The molecule has 3 nitrogen and oxygen atoms in total. The van der Waals surface area contributed by atoms with Crippen LogP contribution in [0.4, 0.5) is 0 Å². The first-order chi connectivity index (χ1) is 6.81. The van der Waals surface area contributed by atoms with E-state index in [9.17, 15) is 0 Å². The van der Waals surface area contributed by atoms with Gasteiger partial charge in [0.05, 0.1) is 13.2 Å². The predicted octanol–water partition coefficient (Wildman–Crippen LogP) is 1.82. The van der Waals surface area contributed by atoms with Gasteiger partial charge in [0.15, 0.2) is 0 Å². The SMILES string of the molecule is CCCCOCCNC(C)COCC. The molecule has 0 amide bonds. The average molecular weight is 203 g/mol. The molecule has 14 heavy (non-hydrogen) atoms. The van der Waals surface area contributed by atoms with E-state index >= 15 is 0 Å². The first-order valence-corrected chi connectivity index (χ1v) is 5.70. The first-order valence-electron chi connectivity index (χ1n) is 5.70. The molecule has 1 unspecified atom stereocenters. The molecule has 0 aromatic carbocycles. The molecule has 0 heterocycles. The maximum absolute atomic E-state index is 5.43. The standard InChI is InChI=1S/C11H25NO2/c1-4-6-8-14-9-7-12-11(3)10-13-5-2/h11-12H,4-10H2,1-3H3. The Hall–Kier alpha value is -0.120. The molecule has 0 aromatic rings. The molecule has 0 spiro atoms. The van der Waals surface area contributed by atoms with Crippen LogP contribution in [0.25, 0.3) is 0 Å². The number of rotatable bonds is 10. The summed E-state index contributed by atoms with van der Waals surface area (Å²) >= 11 is 0. The lowest BCUT2D eigenvalue weighted by atomic mass is 10.3.